The average molecular weight is 260 g/mol. The van der Waals surface area contributed by atoms with Crippen molar-refractivity contribution >= 4 is 23.2 Å². The summed E-state index contributed by atoms with van der Waals surface area (Å²) in [6.07, 6.45) is 0. The highest BCUT2D eigenvalue weighted by Crippen LogP contribution is 2.26. The van der Waals surface area contributed by atoms with Gasteiger partial charge in [0.05, 0.1) is 10.0 Å². The molecule has 0 spiro atoms. The van der Waals surface area contributed by atoms with E-state index in [1.807, 2.05) is 18.2 Å². The highest BCUT2D eigenvalue weighted by atomic mass is 35.5. The SMILES string of the molecule is CC(CNC(C)(C)C)c1ccc(Cl)c(Cl)c1. The Kier molecular flexibility index (Phi) is 4.66. The molecule has 0 amide bonds. The zero-order valence-electron chi connectivity index (χ0n) is 10.3. The van der Waals surface area contributed by atoms with E-state index in [9.17, 15) is 0 Å². The standard InChI is InChI=1S/C13H19Cl2N/c1-9(8-16-13(2,3)4)10-5-6-11(14)12(15)7-10/h5-7,9,16H,8H2,1-4H3. The Labute approximate surface area is 108 Å². The van der Waals surface area contributed by atoms with Crippen molar-refractivity contribution in [2.45, 2.75) is 39.2 Å². The Bertz CT molecular complexity index is 355. The Hall–Kier alpha value is -0.240. The first-order valence-electron chi connectivity index (χ1n) is 5.49. The van der Waals surface area contributed by atoms with E-state index in [1.54, 1.807) is 0 Å². The molecule has 1 N–H and O–H groups in total. The first-order chi connectivity index (χ1) is 7.29. The van der Waals surface area contributed by atoms with E-state index in [0.29, 0.717) is 16.0 Å². The fraction of sp³-hybridized carbons (Fsp3) is 0.538. The van der Waals surface area contributed by atoms with Gasteiger partial charge >= 0.3 is 0 Å². The molecule has 3 heteroatoms. The Morgan fingerprint density at radius 1 is 1.19 bits per heavy atom. The van der Waals surface area contributed by atoms with Crippen molar-refractivity contribution in [3.05, 3.63) is 33.8 Å². The van der Waals surface area contributed by atoms with Gasteiger partial charge in [0.15, 0.2) is 0 Å². The molecule has 16 heavy (non-hydrogen) atoms. The highest BCUT2D eigenvalue weighted by molar-refractivity contribution is 6.42. The molecule has 1 unspecified atom stereocenters. The molecule has 0 aliphatic carbocycles. The number of halogens is 2. The van der Waals surface area contributed by atoms with Gasteiger partial charge in [0.2, 0.25) is 0 Å². The van der Waals surface area contributed by atoms with Gasteiger partial charge in [-0.2, -0.15) is 0 Å². The lowest BCUT2D eigenvalue weighted by molar-refractivity contribution is 0.412. The molecule has 1 aromatic carbocycles. The van der Waals surface area contributed by atoms with Crippen LogP contribution in [0.25, 0.3) is 0 Å². The Morgan fingerprint density at radius 3 is 2.31 bits per heavy atom. The van der Waals surface area contributed by atoms with Crippen molar-refractivity contribution < 1.29 is 0 Å². The maximum atomic E-state index is 6.00. The molecule has 1 aromatic rings. The number of benzene rings is 1. The van der Waals surface area contributed by atoms with E-state index in [4.69, 9.17) is 23.2 Å². The van der Waals surface area contributed by atoms with Crippen LogP contribution in [-0.2, 0) is 0 Å². The maximum absolute atomic E-state index is 6.00. The van der Waals surface area contributed by atoms with Crippen LogP contribution in [-0.4, -0.2) is 12.1 Å². The summed E-state index contributed by atoms with van der Waals surface area (Å²) < 4.78 is 0. The molecule has 0 radical (unpaired) electrons. The van der Waals surface area contributed by atoms with E-state index in [2.05, 4.69) is 33.0 Å². The van der Waals surface area contributed by atoms with Crippen molar-refractivity contribution in [1.29, 1.82) is 0 Å². The van der Waals surface area contributed by atoms with Crippen molar-refractivity contribution in [3.8, 4) is 0 Å². The van der Waals surface area contributed by atoms with Crippen LogP contribution in [0.3, 0.4) is 0 Å². The van der Waals surface area contributed by atoms with Gasteiger partial charge in [-0.05, 0) is 44.4 Å². The molecule has 0 aliphatic heterocycles. The molecule has 0 fully saturated rings. The van der Waals surface area contributed by atoms with Gasteiger partial charge in [-0.1, -0.05) is 36.2 Å². The molecule has 0 aromatic heterocycles. The monoisotopic (exact) mass is 259 g/mol. The van der Waals surface area contributed by atoms with Gasteiger partial charge in [0.1, 0.15) is 0 Å². The lowest BCUT2D eigenvalue weighted by Crippen LogP contribution is -2.38. The molecule has 0 aliphatic rings. The second-order valence-corrected chi connectivity index (χ2v) is 6.02. The van der Waals surface area contributed by atoms with Crippen LogP contribution in [0.2, 0.25) is 10.0 Å². The minimum Gasteiger partial charge on any atom is -0.311 e. The molecule has 1 nitrogen and oxygen atoms in total. The van der Waals surface area contributed by atoms with Crippen LogP contribution >= 0.6 is 23.2 Å². The number of nitrogens with one attached hydrogen (secondary N) is 1. The summed E-state index contributed by atoms with van der Waals surface area (Å²) in [7, 11) is 0. The second kappa shape index (κ2) is 5.39. The number of rotatable bonds is 3. The zero-order valence-corrected chi connectivity index (χ0v) is 11.8. The Morgan fingerprint density at radius 2 is 1.81 bits per heavy atom. The average Bonchev–Trinajstić information content (AvgIpc) is 2.17. The second-order valence-electron chi connectivity index (χ2n) is 5.21. The zero-order chi connectivity index (χ0) is 12.3. The van der Waals surface area contributed by atoms with Crippen molar-refractivity contribution in [2.24, 2.45) is 0 Å². The Balaban J connectivity index is 2.66. The molecule has 0 saturated heterocycles. The summed E-state index contributed by atoms with van der Waals surface area (Å²) in [5.74, 6) is 0.425. The lowest BCUT2D eigenvalue weighted by Gasteiger charge is -2.23. The van der Waals surface area contributed by atoms with E-state index >= 15 is 0 Å². The van der Waals surface area contributed by atoms with Gasteiger partial charge in [-0.25, -0.2) is 0 Å². The van der Waals surface area contributed by atoms with Crippen molar-refractivity contribution in [2.75, 3.05) is 6.54 Å². The normalized spacial score (nSPS) is 13.9. The van der Waals surface area contributed by atoms with Crippen LogP contribution in [0.5, 0.6) is 0 Å². The minimum atomic E-state index is 0.143. The van der Waals surface area contributed by atoms with Crippen molar-refractivity contribution in [1.82, 2.24) is 5.32 Å². The minimum absolute atomic E-state index is 0.143. The fourth-order valence-corrected chi connectivity index (χ4v) is 1.70. The van der Waals surface area contributed by atoms with Gasteiger partial charge in [0, 0.05) is 12.1 Å². The summed E-state index contributed by atoms with van der Waals surface area (Å²) in [5.41, 5.74) is 1.36. The van der Waals surface area contributed by atoms with Gasteiger partial charge < -0.3 is 5.32 Å². The molecular weight excluding hydrogens is 241 g/mol. The van der Waals surface area contributed by atoms with Gasteiger partial charge in [-0.3, -0.25) is 0 Å². The molecule has 90 valence electrons. The lowest BCUT2D eigenvalue weighted by atomic mass is 9.99. The van der Waals surface area contributed by atoms with Gasteiger partial charge in [0.25, 0.3) is 0 Å². The summed E-state index contributed by atoms with van der Waals surface area (Å²) in [5, 5.41) is 4.72. The molecule has 1 rings (SSSR count). The molecular formula is C13H19Cl2N. The van der Waals surface area contributed by atoms with Crippen LogP contribution in [0.15, 0.2) is 18.2 Å². The third kappa shape index (κ3) is 4.32. The fourth-order valence-electron chi connectivity index (χ4n) is 1.40. The van der Waals surface area contributed by atoms with Gasteiger partial charge in [-0.15, -0.1) is 0 Å². The molecule has 0 heterocycles. The van der Waals surface area contributed by atoms with Crippen LogP contribution < -0.4 is 5.32 Å². The third-order valence-corrected chi connectivity index (χ3v) is 3.19. The molecule has 1 atom stereocenters. The van der Waals surface area contributed by atoms with E-state index in [1.165, 1.54) is 5.56 Å². The topological polar surface area (TPSA) is 12.0 Å². The summed E-state index contributed by atoms with van der Waals surface area (Å²) >= 11 is 11.9. The maximum Gasteiger partial charge on any atom is 0.0595 e. The van der Waals surface area contributed by atoms with Crippen molar-refractivity contribution in [3.63, 3.8) is 0 Å². The first-order valence-corrected chi connectivity index (χ1v) is 6.25. The number of hydrogen-bond acceptors (Lipinski definition) is 1. The summed E-state index contributed by atoms with van der Waals surface area (Å²) in [6, 6.07) is 5.83. The predicted octanol–water partition coefficient (Wildman–Crippen LogP) is 4.49. The highest BCUT2D eigenvalue weighted by Gasteiger charge is 2.13. The molecule has 0 saturated carbocycles. The van der Waals surface area contributed by atoms with Crippen LogP contribution in [0.1, 0.15) is 39.2 Å². The summed E-state index contributed by atoms with van der Waals surface area (Å²) in [4.78, 5) is 0. The third-order valence-electron chi connectivity index (χ3n) is 2.45. The number of hydrogen-bond donors (Lipinski definition) is 1. The largest absolute Gasteiger partial charge is 0.311 e. The van der Waals surface area contributed by atoms with E-state index in [-0.39, 0.29) is 5.54 Å². The van der Waals surface area contributed by atoms with Crippen LogP contribution in [0, 0.1) is 0 Å². The predicted molar refractivity (Wildman–Crippen MR) is 72.6 cm³/mol. The quantitative estimate of drug-likeness (QED) is 0.844. The van der Waals surface area contributed by atoms with E-state index in [0.717, 1.165) is 6.54 Å². The van der Waals surface area contributed by atoms with Crippen LogP contribution in [0.4, 0.5) is 0 Å². The smallest absolute Gasteiger partial charge is 0.0595 e. The first kappa shape index (κ1) is 13.8. The molecule has 0 bridgehead atoms. The van der Waals surface area contributed by atoms with E-state index < -0.39 is 0 Å². The summed E-state index contributed by atoms with van der Waals surface area (Å²) in [6.45, 7) is 9.59.